The topological polar surface area (TPSA) is 42.8 Å². The van der Waals surface area contributed by atoms with Crippen LogP contribution in [0.4, 0.5) is 5.69 Å². The molecule has 0 unspecified atom stereocenters. The Bertz CT molecular complexity index is 711. The molecule has 0 heterocycles. The number of benzene rings is 2. The summed E-state index contributed by atoms with van der Waals surface area (Å²) in [4.78, 5) is 0. The minimum absolute atomic E-state index is 0.729. The van der Waals surface area contributed by atoms with Crippen molar-refractivity contribution < 1.29 is 9.47 Å². The van der Waals surface area contributed by atoms with Crippen LogP contribution < -0.4 is 14.9 Å². The first-order valence-electron chi connectivity index (χ1n) is 10.4. The van der Waals surface area contributed by atoms with E-state index in [1.807, 2.05) is 30.3 Å². The second-order valence-corrected chi connectivity index (χ2v) is 7.12. The Morgan fingerprint density at radius 2 is 1.61 bits per heavy atom. The molecule has 2 aromatic carbocycles. The van der Waals surface area contributed by atoms with Crippen LogP contribution in [0.3, 0.4) is 0 Å². The van der Waals surface area contributed by atoms with Crippen LogP contribution in [-0.4, -0.2) is 19.9 Å². The number of hydrogen-bond acceptors (Lipinski definition) is 4. The number of rotatable bonds is 13. The molecule has 0 aliphatic rings. The van der Waals surface area contributed by atoms with Crippen LogP contribution in [0, 0.1) is 6.92 Å². The van der Waals surface area contributed by atoms with E-state index in [0.29, 0.717) is 0 Å². The Kier molecular flexibility index (Phi) is 9.98. The first kappa shape index (κ1) is 21.8. The zero-order valence-corrected chi connectivity index (χ0v) is 17.5. The molecule has 0 aromatic heterocycles. The molecular weight excluding hydrogens is 348 g/mol. The first-order valence-corrected chi connectivity index (χ1v) is 10.4. The molecule has 2 aromatic rings. The largest absolute Gasteiger partial charge is 0.493 e. The van der Waals surface area contributed by atoms with Gasteiger partial charge < -0.3 is 9.47 Å². The van der Waals surface area contributed by atoms with Crippen molar-refractivity contribution in [3.63, 3.8) is 0 Å². The van der Waals surface area contributed by atoms with Gasteiger partial charge in [-0.15, -0.1) is 0 Å². The molecule has 0 aliphatic heterocycles. The summed E-state index contributed by atoms with van der Waals surface area (Å²) in [6.07, 6.45) is 10.7. The number of aryl methyl sites for hydroxylation is 1. The van der Waals surface area contributed by atoms with Gasteiger partial charge in [-0.3, -0.25) is 5.43 Å². The number of ether oxygens (including phenoxy) is 2. The average Bonchev–Trinajstić information content (AvgIpc) is 2.72. The molecule has 4 nitrogen and oxygen atoms in total. The van der Waals surface area contributed by atoms with Crippen molar-refractivity contribution in [2.24, 2.45) is 5.10 Å². The normalized spacial score (nSPS) is 11.0. The SMILES string of the molecule is CCCCCCCCCOc1ccc(/C=N/Nc2ccc(C)cc2)cc1OC. The van der Waals surface area contributed by atoms with Gasteiger partial charge in [-0.25, -0.2) is 0 Å². The predicted octanol–water partition coefficient (Wildman–Crippen LogP) is 6.58. The molecular formula is C24H34N2O2. The summed E-state index contributed by atoms with van der Waals surface area (Å²) >= 11 is 0. The number of nitrogens with zero attached hydrogens (tertiary/aromatic N) is 1. The molecule has 0 saturated heterocycles. The fraction of sp³-hybridized carbons (Fsp3) is 0.458. The molecule has 1 N–H and O–H groups in total. The third-order valence-corrected chi connectivity index (χ3v) is 4.65. The molecule has 0 spiro atoms. The number of hydrogen-bond donors (Lipinski definition) is 1. The highest BCUT2D eigenvalue weighted by Crippen LogP contribution is 2.28. The third kappa shape index (κ3) is 8.03. The van der Waals surface area contributed by atoms with Gasteiger partial charge in [0.15, 0.2) is 11.5 Å². The minimum Gasteiger partial charge on any atom is -0.493 e. The summed E-state index contributed by atoms with van der Waals surface area (Å²) in [7, 11) is 1.67. The second-order valence-electron chi connectivity index (χ2n) is 7.12. The van der Waals surface area contributed by atoms with E-state index in [1.165, 1.54) is 44.1 Å². The van der Waals surface area contributed by atoms with E-state index in [2.05, 4.69) is 36.5 Å². The van der Waals surface area contributed by atoms with Gasteiger partial charge in [0.2, 0.25) is 0 Å². The van der Waals surface area contributed by atoms with Gasteiger partial charge in [-0.1, -0.05) is 63.1 Å². The molecule has 152 valence electrons. The molecule has 0 fully saturated rings. The van der Waals surface area contributed by atoms with Gasteiger partial charge in [0.05, 0.1) is 25.6 Å². The van der Waals surface area contributed by atoms with E-state index in [1.54, 1.807) is 13.3 Å². The molecule has 0 bridgehead atoms. The molecule has 0 amide bonds. The van der Waals surface area contributed by atoms with Crippen LogP contribution in [0.5, 0.6) is 11.5 Å². The highest BCUT2D eigenvalue weighted by molar-refractivity contribution is 5.81. The van der Waals surface area contributed by atoms with E-state index in [-0.39, 0.29) is 0 Å². The maximum Gasteiger partial charge on any atom is 0.161 e. The Morgan fingerprint density at radius 1 is 0.893 bits per heavy atom. The van der Waals surface area contributed by atoms with E-state index in [4.69, 9.17) is 9.47 Å². The van der Waals surface area contributed by atoms with Gasteiger partial charge in [-0.05, 0) is 49.2 Å². The lowest BCUT2D eigenvalue weighted by atomic mass is 10.1. The van der Waals surface area contributed by atoms with Crippen LogP contribution >= 0.6 is 0 Å². The van der Waals surface area contributed by atoms with Crippen molar-refractivity contribution in [1.82, 2.24) is 0 Å². The summed E-state index contributed by atoms with van der Waals surface area (Å²) in [5, 5.41) is 4.29. The molecule has 28 heavy (non-hydrogen) atoms. The van der Waals surface area contributed by atoms with E-state index >= 15 is 0 Å². The summed E-state index contributed by atoms with van der Waals surface area (Å²) in [6, 6.07) is 14.0. The second kappa shape index (κ2) is 12.8. The van der Waals surface area contributed by atoms with E-state index in [0.717, 1.165) is 35.8 Å². The van der Waals surface area contributed by atoms with Crippen molar-refractivity contribution in [2.75, 3.05) is 19.1 Å². The van der Waals surface area contributed by atoms with Crippen molar-refractivity contribution in [2.45, 2.75) is 58.8 Å². The summed E-state index contributed by atoms with van der Waals surface area (Å²) < 4.78 is 11.4. The number of nitrogens with one attached hydrogen (secondary N) is 1. The van der Waals surface area contributed by atoms with Gasteiger partial charge >= 0.3 is 0 Å². The van der Waals surface area contributed by atoms with Crippen molar-refractivity contribution in [1.29, 1.82) is 0 Å². The lowest BCUT2D eigenvalue weighted by Crippen LogP contribution is -2.00. The fourth-order valence-corrected chi connectivity index (χ4v) is 2.93. The maximum absolute atomic E-state index is 5.91. The molecule has 2 rings (SSSR count). The van der Waals surface area contributed by atoms with Crippen LogP contribution in [0.15, 0.2) is 47.6 Å². The Balaban J connectivity index is 1.77. The van der Waals surface area contributed by atoms with E-state index in [9.17, 15) is 0 Å². The average molecular weight is 383 g/mol. The van der Waals surface area contributed by atoms with Gasteiger partial charge in [0.1, 0.15) is 0 Å². The first-order chi connectivity index (χ1) is 13.7. The summed E-state index contributed by atoms with van der Waals surface area (Å²) in [6.45, 7) is 5.04. The van der Waals surface area contributed by atoms with E-state index < -0.39 is 0 Å². The van der Waals surface area contributed by atoms with Crippen LogP contribution in [0.25, 0.3) is 0 Å². The fourth-order valence-electron chi connectivity index (χ4n) is 2.93. The van der Waals surface area contributed by atoms with Gasteiger partial charge in [0, 0.05) is 0 Å². The summed E-state index contributed by atoms with van der Waals surface area (Å²) in [5.74, 6) is 1.53. The van der Waals surface area contributed by atoms with Crippen molar-refractivity contribution in [3.05, 3.63) is 53.6 Å². The monoisotopic (exact) mass is 382 g/mol. The number of hydrazone groups is 1. The lowest BCUT2D eigenvalue weighted by Gasteiger charge is -2.11. The molecule has 4 heteroatoms. The van der Waals surface area contributed by atoms with Crippen LogP contribution in [0.1, 0.15) is 63.0 Å². The molecule has 0 radical (unpaired) electrons. The lowest BCUT2D eigenvalue weighted by molar-refractivity contribution is 0.284. The minimum atomic E-state index is 0.729. The number of methoxy groups -OCH3 is 1. The number of unbranched alkanes of at least 4 members (excludes halogenated alkanes) is 6. The van der Waals surface area contributed by atoms with Gasteiger partial charge in [0.25, 0.3) is 0 Å². The molecule has 0 saturated carbocycles. The Morgan fingerprint density at radius 3 is 2.32 bits per heavy atom. The number of anilines is 1. The van der Waals surface area contributed by atoms with Crippen molar-refractivity contribution in [3.8, 4) is 11.5 Å². The Hall–Kier alpha value is -2.49. The van der Waals surface area contributed by atoms with Crippen LogP contribution in [-0.2, 0) is 0 Å². The highest BCUT2D eigenvalue weighted by atomic mass is 16.5. The highest BCUT2D eigenvalue weighted by Gasteiger charge is 2.05. The predicted molar refractivity (Wildman–Crippen MR) is 119 cm³/mol. The van der Waals surface area contributed by atoms with Gasteiger partial charge in [-0.2, -0.15) is 5.10 Å². The Labute approximate surface area is 170 Å². The smallest absolute Gasteiger partial charge is 0.161 e. The molecule has 0 aliphatic carbocycles. The quantitative estimate of drug-likeness (QED) is 0.242. The molecule has 0 atom stereocenters. The zero-order valence-electron chi connectivity index (χ0n) is 17.5. The summed E-state index contributed by atoms with van der Waals surface area (Å²) in [5.41, 5.74) is 6.18. The third-order valence-electron chi connectivity index (χ3n) is 4.65. The zero-order chi connectivity index (χ0) is 20.0. The standard InChI is InChI=1S/C24H34N2O2/c1-4-5-6-7-8-9-10-17-28-23-16-13-21(18-24(23)27-3)19-25-26-22-14-11-20(2)12-15-22/h11-16,18-19,26H,4-10,17H2,1-3H3/b25-19+. The maximum atomic E-state index is 5.91. The van der Waals surface area contributed by atoms with Crippen molar-refractivity contribution >= 4 is 11.9 Å². The van der Waals surface area contributed by atoms with Crippen LogP contribution in [0.2, 0.25) is 0 Å².